The van der Waals surface area contributed by atoms with Gasteiger partial charge in [-0.2, -0.15) is 0 Å². The fourth-order valence-electron chi connectivity index (χ4n) is 2.29. The van der Waals surface area contributed by atoms with E-state index in [-0.39, 0.29) is 5.91 Å². The third-order valence-electron chi connectivity index (χ3n) is 3.25. The predicted octanol–water partition coefficient (Wildman–Crippen LogP) is 2.80. The number of methoxy groups -OCH3 is 1. The minimum atomic E-state index is 0.0473. The van der Waals surface area contributed by atoms with Crippen molar-refractivity contribution in [1.82, 2.24) is 5.32 Å². The first-order valence-electron chi connectivity index (χ1n) is 6.26. The molecule has 0 aromatic heterocycles. The summed E-state index contributed by atoms with van der Waals surface area (Å²) in [5.41, 5.74) is 1.37. The van der Waals surface area contributed by atoms with Crippen LogP contribution in [0.1, 0.15) is 31.2 Å². The zero-order valence-electron chi connectivity index (χ0n) is 10.9. The zero-order chi connectivity index (χ0) is 13.0. The number of rotatable bonds is 4. The molecule has 0 aliphatic carbocycles. The Bertz CT molecular complexity index is 434. The molecule has 0 fully saturated rings. The lowest BCUT2D eigenvalue weighted by atomic mass is 9.92. The van der Waals surface area contributed by atoms with Gasteiger partial charge in [-0.1, -0.05) is 0 Å². The van der Waals surface area contributed by atoms with Crippen molar-refractivity contribution in [3.05, 3.63) is 23.8 Å². The van der Waals surface area contributed by atoms with Crippen LogP contribution in [0.4, 0.5) is 0 Å². The summed E-state index contributed by atoms with van der Waals surface area (Å²) in [5, 5.41) is 2.88. The van der Waals surface area contributed by atoms with E-state index < -0.39 is 0 Å². The van der Waals surface area contributed by atoms with Crippen molar-refractivity contribution in [1.29, 1.82) is 0 Å². The fourth-order valence-corrected chi connectivity index (χ4v) is 3.47. The van der Waals surface area contributed by atoms with Gasteiger partial charge in [-0.3, -0.25) is 4.79 Å². The molecular formula is C14H19NO2S. The van der Waals surface area contributed by atoms with E-state index >= 15 is 0 Å². The second kappa shape index (κ2) is 6.14. The van der Waals surface area contributed by atoms with Gasteiger partial charge < -0.3 is 10.1 Å². The molecule has 1 aliphatic rings. The maximum Gasteiger partial charge on any atom is 0.216 e. The summed E-state index contributed by atoms with van der Waals surface area (Å²) in [6.45, 7) is 2.31. The Balaban J connectivity index is 2.08. The number of carbonyl (C=O) groups is 1. The molecule has 0 saturated carbocycles. The SMILES string of the molecule is COc1ccc2c(c1)C(CCNC(C)=O)CCS2. The number of amides is 1. The number of hydrogen-bond donors (Lipinski definition) is 1. The van der Waals surface area contributed by atoms with Crippen LogP contribution >= 0.6 is 11.8 Å². The van der Waals surface area contributed by atoms with Gasteiger partial charge in [-0.25, -0.2) is 0 Å². The average molecular weight is 265 g/mol. The van der Waals surface area contributed by atoms with Gasteiger partial charge >= 0.3 is 0 Å². The fraction of sp³-hybridized carbons (Fsp3) is 0.500. The summed E-state index contributed by atoms with van der Waals surface area (Å²) in [6.07, 6.45) is 2.17. The van der Waals surface area contributed by atoms with Crippen LogP contribution in [0.2, 0.25) is 0 Å². The van der Waals surface area contributed by atoms with Crippen molar-refractivity contribution in [2.45, 2.75) is 30.6 Å². The summed E-state index contributed by atoms with van der Waals surface area (Å²) in [7, 11) is 1.70. The van der Waals surface area contributed by atoms with Crippen molar-refractivity contribution >= 4 is 17.7 Å². The number of nitrogens with one attached hydrogen (secondary N) is 1. The van der Waals surface area contributed by atoms with Crippen LogP contribution < -0.4 is 10.1 Å². The smallest absolute Gasteiger partial charge is 0.216 e. The van der Waals surface area contributed by atoms with E-state index in [2.05, 4.69) is 17.4 Å². The first-order valence-corrected chi connectivity index (χ1v) is 7.24. The second-order valence-electron chi connectivity index (χ2n) is 4.51. The molecule has 1 aliphatic heterocycles. The van der Waals surface area contributed by atoms with Gasteiger partial charge in [0.15, 0.2) is 0 Å². The Kier molecular flexibility index (Phi) is 4.53. The molecule has 2 rings (SSSR count). The van der Waals surface area contributed by atoms with Crippen molar-refractivity contribution in [2.75, 3.05) is 19.4 Å². The number of benzene rings is 1. The molecule has 0 radical (unpaired) electrons. The highest BCUT2D eigenvalue weighted by molar-refractivity contribution is 7.99. The van der Waals surface area contributed by atoms with Gasteiger partial charge in [0.2, 0.25) is 5.91 Å². The van der Waals surface area contributed by atoms with Crippen molar-refractivity contribution in [3.8, 4) is 5.75 Å². The Hall–Kier alpha value is -1.16. The van der Waals surface area contributed by atoms with Gasteiger partial charge in [0, 0.05) is 18.4 Å². The molecule has 1 unspecified atom stereocenters. The summed E-state index contributed by atoms with van der Waals surface area (Å²) in [5.74, 6) is 2.65. The Morgan fingerprint density at radius 2 is 2.39 bits per heavy atom. The molecular weight excluding hydrogens is 246 g/mol. The van der Waals surface area contributed by atoms with Crippen molar-refractivity contribution in [3.63, 3.8) is 0 Å². The topological polar surface area (TPSA) is 38.3 Å². The lowest BCUT2D eigenvalue weighted by molar-refractivity contribution is -0.118. The Morgan fingerprint density at radius 3 is 3.11 bits per heavy atom. The van der Waals surface area contributed by atoms with Gasteiger partial charge in [0.25, 0.3) is 0 Å². The highest BCUT2D eigenvalue weighted by Gasteiger charge is 2.21. The normalized spacial score (nSPS) is 18.0. The second-order valence-corrected chi connectivity index (χ2v) is 5.65. The number of carbonyl (C=O) groups excluding carboxylic acids is 1. The first-order chi connectivity index (χ1) is 8.70. The van der Waals surface area contributed by atoms with Crippen molar-refractivity contribution < 1.29 is 9.53 Å². The summed E-state index contributed by atoms with van der Waals surface area (Å²) in [6, 6.07) is 6.30. The molecule has 98 valence electrons. The molecule has 1 atom stereocenters. The highest BCUT2D eigenvalue weighted by atomic mass is 32.2. The Morgan fingerprint density at radius 1 is 1.56 bits per heavy atom. The summed E-state index contributed by atoms with van der Waals surface area (Å²) >= 11 is 1.91. The van der Waals surface area contributed by atoms with Gasteiger partial charge in [0.1, 0.15) is 5.75 Å². The molecule has 0 saturated heterocycles. The molecule has 4 heteroatoms. The van der Waals surface area contributed by atoms with E-state index in [1.165, 1.54) is 16.9 Å². The molecule has 1 amide bonds. The molecule has 1 heterocycles. The highest BCUT2D eigenvalue weighted by Crippen LogP contribution is 2.40. The maximum absolute atomic E-state index is 10.9. The molecule has 18 heavy (non-hydrogen) atoms. The van der Waals surface area contributed by atoms with E-state index in [0.29, 0.717) is 5.92 Å². The van der Waals surface area contributed by atoms with Gasteiger partial charge in [-0.05, 0) is 48.3 Å². The quantitative estimate of drug-likeness (QED) is 0.909. The van der Waals surface area contributed by atoms with Crippen LogP contribution in [0.25, 0.3) is 0 Å². The third kappa shape index (κ3) is 3.19. The number of ether oxygens (including phenoxy) is 1. The summed E-state index contributed by atoms with van der Waals surface area (Å²) in [4.78, 5) is 12.3. The maximum atomic E-state index is 10.9. The number of hydrogen-bond acceptors (Lipinski definition) is 3. The van der Waals surface area contributed by atoms with Gasteiger partial charge in [0.05, 0.1) is 7.11 Å². The van der Waals surface area contributed by atoms with E-state index in [4.69, 9.17) is 4.74 Å². The van der Waals surface area contributed by atoms with Crippen LogP contribution in [0, 0.1) is 0 Å². The van der Waals surface area contributed by atoms with Crippen LogP contribution in [-0.4, -0.2) is 25.3 Å². The molecule has 1 aromatic carbocycles. The lowest BCUT2D eigenvalue weighted by Gasteiger charge is -2.25. The van der Waals surface area contributed by atoms with Crippen LogP contribution in [0.5, 0.6) is 5.75 Å². The van der Waals surface area contributed by atoms with E-state index in [0.717, 1.165) is 24.5 Å². The van der Waals surface area contributed by atoms with Crippen molar-refractivity contribution in [2.24, 2.45) is 0 Å². The third-order valence-corrected chi connectivity index (χ3v) is 4.37. The molecule has 0 bridgehead atoms. The van der Waals surface area contributed by atoms with Crippen LogP contribution in [0.3, 0.4) is 0 Å². The van der Waals surface area contributed by atoms with Gasteiger partial charge in [-0.15, -0.1) is 11.8 Å². The van der Waals surface area contributed by atoms with E-state index in [1.54, 1.807) is 14.0 Å². The zero-order valence-corrected chi connectivity index (χ0v) is 11.7. The van der Waals surface area contributed by atoms with Crippen LogP contribution in [-0.2, 0) is 4.79 Å². The average Bonchev–Trinajstić information content (AvgIpc) is 2.38. The predicted molar refractivity (Wildman–Crippen MR) is 74.4 cm³/mol. The Labute approximate surface area is 112 Å². The summed E-state index contributed by atoms with van der Waals surface area (Å²) < 4.78 is 5.29. The largest absolute Gasteiger partial charge is 0.497 e. The molecule has 1 aromatic rings. The number of thioether (sulfide) groups is 1. The van der Waals surface area contributed by atoms with E-state index in [1.807, 2.05) is 17.8 Å². The number of fused-ring (bicyclic) bond motifs is 1. The minimum absolute atomic E-state index is 0.0473. The lowest BCUT2D eigenvalue weighted by Crippen LogP contribution is -2.23. The standard InChI is InChI=1S/C14H19NO2S/c1-10(16)15-7-5-11-6-8-18-14-4-3-12(17-2)9-13(11)14/h3-4,9,11H,5-8H2,1-2H3,(H,15,16). The molecule has 3 nitrogen and oxygen atoms in total. The first kappa shape index (κ1) is 13.3. The minimum Gasteiger partial charge on any atom is -0.497 e. The molecule has 0 spiro atoms. The van der Waals surface area contributed by atoms with E-state index in [9.17, 15) is 4.79 Å². The molecule has 1 N–H and O–H groups in total. The monoisotopic (exact) mass is 265 g/mol. The van der Waals surface area contributed by atoms with Crippen LogP contribution in [0.15, 0.2) is 23.1 Å².